The lowest BCUT2D eigenvalue weighted by molar-refractivity contribution is -0.682. The Balaban J connectivity index is 1.42. The quantitative estimate of drug-likeness (QED) is 0.136. The van der Waals surface area contributed by atoms with Crippen LogP contribution in [0.1, 0.15) is 77.9 Å². The average molecular weight is 595 g/mol. The van der Waals surface area contributed by atoms with Crippen molar-refractivity contribution in [3.05, 3.63) is 70.9 Å². The molecule has 224 valence electrons. The third-order valence-corrected chi connectivity index (χ3v) is 9.02. The minimum absolute atomic E-state index is 0.0855. The number of benzene rings is 2. The number of hydrogen-bond acceptors (Lipinski definition) is 7. The van der Waals surface area contributed by atoms with Gasteiger partial charge in [0.25, 0.3) is 11.7 Å². The normalized spacial score (nSPS) is 16.5. The SMILES string of the molecule is COc1c(NC(=O)c2ccc(C)c(N(N)/C=C(\N)c3c[nH]c(C4CCC4)[n+]3C)c2)cc(C2(C)CC2)cc1NS(C)(=O)=O. The topological polar surface area (TPSA) is 159 Å². The lowest BCUT2D eigenvalue weighted by atomic mass is 9.85. The van der Waals surface area contributed by atoms with Gasteiger partial charge in [0.2, 0.25) is 10.0 Å². The van der Waals surface area contributed by atoms with Crippen molar-refractivity contribution in [3.63, 3.8) is 0 Å². The van der Waals surface area contributed by atoms with Gasteiger partial charge in [-0.15, -0.1) is 0 Å². The van der Waals surface area contributed by atoms with Gasteiger partial charge in [-0.2, -0.15) is 0 Å². The maximum Gasteiger partial charge on any atom is 0.257 e. The standard InChI is InChI=1S/C30H39N7O4S/c1-18-9-10-20(13-25(18)37(32)17-22(31)26-16-33-28(36(26)3)19-7-6-8-19)29(38)34-23-14-21(30(2)11-12-30)15-24(27(23)41-4)35-42(5,39)40/h9-10,13-17,19,35H,6-8,11-12,31-32H2,1-5H3,(H,34,38)/p+1/b22-17-. The highest BCUT2D eigenvalue weighted by Gasteiger charge is 2.40. The Labute approximate surface area is 247 Å². The summed E-state index contributed by atoms with van der Waals surface area (Å²) in [5.41, 5.74) is 11.1. The fourth-order valence-electron chi connectivity index (χ4n) is 5.37. The molecule has 7 N–H and O–H groups in total. The number of aromatic nitrogens is 2. The second-order valence-corrected chi connectivity index (χ2v) is 13.5. The van der Waals surface area contributed by atoms with Crippen LogP contribution < -0.4 is 35.9 Å². The van der Waals surface area contributed by atoms with E-state index < -0.39 is 15.9 Å². The summed E-state index contributed by atoms with van der Waals surface area (Å²) in [6.07, 6.45) is 10.1. The van der Waals surface area contributed by atoms with Gasteiger partial charge < -0.3 is 15.8 Å². The number of nitrogens with zero attached hydrogens (tertiary/aromatic N) is 2. The molecule has 0 saturated heterocycles. The van der Waals surface area contributed by atoms with Gasteiger partial charge in [0, 0.05) is 11.8 Å². The average Bonchev–Trinajstić information content (AvgIpc) is 3.53. The van der Waals surface area contributed by atoms with E-state index in [1.807, 2.05) is 32.3 Å². The van der Waals surface area contributed by atoms with E-state index in [2.05, 4.69) is 26.5 Å². The van der Waals surface area contributed by atoms with E-state index in [1.54, 1.807) is 24.4 Å². The largest absolute Gasteiger partial charge is 0.492 e. The Bertz CT molecular complexity index is 1670. The molecule has 2 aliphatic carbocycles. The van der Waals surface area contributed by atoms with Crippen molar-refractivity contribution in [1.29, 1.82) is 0 Å². The molecule has 3 aromatic rings. The molecule has 12 heteroatoms. The van der Waals surface area contributed by atoms with E-state index in [9.17, 15) is 13.2 Å². The van der Waals surface area contributed by atoms with Crippen molar-refractivity contribution in [3.8, 4) is 5.75 Å². The van der Waals surface area contributed by atoms with Gasteiger partial charge in [-0.05, 0) is 73.4 Å². The maximum absolute atomic E-state index is 13.5. The molecular weight excluding hydrogens is 554 g/mol. The number of nitrogens with one attached hydrogen (secondary N) is 3. The van der Waals surface area contributed by atoms with Crippen LogP contribution in [0.4, 0.5) is 17.1 Å². The molecule has 1 amide bonds. The summed E-state index contributed by atoms with van der Waals surface area (Å²) >= 11 is 0. The molecule has 0 atom stereocenters. The number of H-pyrrole nitrogens is 1. The molecule has 1 aromatic heterocycles. The smallest absolute Gasteiger partial charge is 0.257 e. The summed E-state index contributed by atoms with van der Waals surface area (Å²) in [6, 6.07) is 8.84. The number of carbonyl (C=O) groups is 1. The minimum Gasteiger partial charge on any atom is -0.492 e. The first-order chi connectivity index (χ1) is 19.8. The number of anilines is 3. The zero-order valence-corrected chi connectivity index (χ0v) is 25.6. The first-order valence-electron chi connectivity index (χ1n) is 14.0. The van der Waals surface area contributed by atoms with Crippen LogP contribution in [-0.2, 0) is 22.5 Å². The van der Waals surface area contributed by atoms with E-state index in [1.165, 1.54) is 31.4 Å². The number of imidazole rings is 1. The molecular formula is C30H40N7O4S+. The van der Waals surface area contributed by atoms with Crippen molar-refractivity contribution in [2.24, 2.45) is 18.6 Å². The first kappa shape index (κ1) is 29.5. The third-order valence-electron chi connectivity index (χ3n) is 8.43. The van der Waals surface area contributed by atoms with Gasteiger partial charge in [0.1, 0.15) is 11.9 Å². The monoisotopic (exact) mass is 594 g/mol. The van der Waals surface area contributed by atoms with Crippen LogP contribution in [0.15, 0.2) is 42.7 Å². The van der Waals surface area contributed by atoms with E-state index in [0.717, 1.165) is 41.7 Å². The van der Waals surface area contributed by atoms with Crippen molar-refractivity contribution in [1.82, 2.24) is 4.98 Å². The van der Waals surface area contributed by atoms with Crippen LogP contribution in [0.5, 0.6) is 5.75 Å². The second-order valence-electron chi connectivity index (χ2n) is 11.7. The van der Waals surface area contributed by atoms with Crippen LogP contribution in [0.25, 0.3) is 5.70 Å². The Hall–Kier alpha value is -4.03. The zero-order valence-electron chi connectivity index (χ0n) is 24.7. The van der Waals surface area contributed by atoms with Crippen molar-refractivity contribution >= 4 is 38.7 Å². The highest BCUT2D eigenvalue weighted by atomic mass is 32.2. The van der Waals surface area contributed by atoms with Crippen LogP contribution in [0.2, 0.25) is 0 Å². The van der Waals surface area contributed by atoms with Crippen LogP contribution >= 0.6 is 0 Å². The number of nitrogens with two attached hydrogens (primary N) is 2. The maximum atomic E-state index is 13.5. The molecule has 0 unspecified atom stereocenters. The molecule has 42 heavy (non-hydrogen) atoms. The van der Waals surface area contributed by atoms with Gasteiger partial charge in [-0.3, -0.25) is 14.5 Å². The third kappa shape index (κ3) is 5.95. The van der Waals surface area contributed by atoms with Crippen LogP contribution in [0.3, 0.4) is 0 Å². The summed E-state index contributed by atoms with van der Waals surface area (Å²) in [5.74, 6) is 7.95. The molecule has 0 aliphatic heterocycles. The summed E-state index contributed by atoms with van der Waals surface area (Å²) < 4.78 is 34.3. The van der Waals surface area contributed by atoms with Crippen molar-refractivity contribution < 1.29 is 22.5 Å². The van der Waals surface area contributed by atoms with Crippen molar-refractivity contribution in [2.45, 2.75) is 57.3 Å². The number of ether oxygens (including phenoxy) is 1. The number of methoxy groups -OCH3 is 1. The summed E-state index contributed by atoms with van der Waals surface area (Å²) in [6.45, 7) is 4.01. The lowest BCUT2D eigenvalue weighted by Gasteiger charge is -2.21. The number of amides is 1. The van der Waals surface area contributed by atoms with Gasteiger partial charge in [0.05, 0.1) is 43.4 Å². The number of rotatable bonds is 10. The summed E-state index contributed by atoms with van der Waals surface area (Å²) in [4.78, 5) is 16.9. The molecule has 2 aromatic carbocycles. The Morgan fingerprint density at radius 3 is 2.50 bits per heavy atom. The van der Waals surface area contributed by atoms with E-state index >= 15 is 0 Å². The fraction of sp³-hybridized carbons (Fsp3) is 0.400. The molecule has 0 spiro atoms. The molecule has 2 saturated carbocycles. The molecule has 2 aliphatic rings. The number of hydrogen-bond donors (Lipinski definition) is 5. The molecule has 1 heterocycles. The van der Waals surface area contributed by atoms with Crippen LogP contribution in [0, 0.1) is 6.92 Å². The molecule has 5 rings (SSSR count). The molecule has 2 fully saturated rings. The predicted molar refractivity (Wildman–Crippen MR) is 165 cm³/mol. The second kappa shape index (κ2) is 11.0. The fourth-order valence-corrected chi connectivity index (χ4v) is 5.92. The zero-order chi connectivity index (χ0) is 30.4. The molecule has 11 nitrogen and oxygen atoms in total. The Morgan fingerprint density at radius 2 is 1.90 bits per heavy atom. The number of aromatic amines is 1. The number of aryl methyl sites for hydroxylation is 1. The van der Waals surface area contributed by atoms with Crippen molar-refractivity contribution in [2.75, 3.05) is 28.4 Å². The molecule has 0 radical (unpaired) electrons. The summed E-state index contributed by atoms with van der Waals surface area (Å²) in [7, 11) is -0.163. The number of hydrazine groups is 1. The minimum atomic E-state index is -3.58. The number of carbonyl (C=O) groups excluding carboxylic acids is 1. The lowest BCUT2D eigenvalue weighted by Crippen LogP contribution is -2.39. The highest BCUT2D eigenvalue weighted by molar-refractivity contribution is 7.92. The van der Waals surface area contributed by atoms with Gasteiger partial charge in [-0.25, -0.2) is 23.8 Å². The van der Waals surface area contributed by atoms with Gasteiger partial charge >= 0.3 is 0 Å². The number of sulfonamides is 1. The highest BCUT2D eigenvalue weighted by Crippen LogP contribution is 2.51. The van der Waals surface area contributed by atoms with Crippen LogP contribution in [-0.4, -0.2) is 32.7 Å². The summed E-state index contributed by atoms with van der Waals surface area (Å²) in [5, 5.41) is 4.34. The Morgan fingerprint density at radius 1 is 1.21 bits per heavy atom. The van der Waals surface area contributed by atoms with E-state index in [0.29, 0.717) is 28.6 Å². The Kier molecular flexibility index (Phi) is 7.71. The molecule has 0 bridgehead atoms. The van der Waals surface area contributed by atoms with Gasteiger partial charge in [0.15, 0.2) is 11.4 Å². The first-order valence-corrected chi connectivity index (χ1v) is 15.9. The van der Waals surface area contributed by atoms with E-state index in [4.69, 9.17) is 16.3 Å². The predicted octanol–water partition coefficient (Wildman–Crippen LogP) is 3.74. The van der Waals surface area contributed by atoms with Gasteiger partial charge in [-0.1, -0.05) is 19.4 Å². The van der Waals surface area contributed by atoms with E-state index in [-0.39, 0.29) is 16.9 Å².